The number of halogens is 2. The van der Waals surface area contributed by atoms with Gasteiger partial charge in [0.2, 0.25) is 5.91 Å². The molecule has 4 nitrogen and oxygen atoms in total. The molecule has 0 radical (unpaired) electrons. The van der Waals surface area contributed by atoms with Gasteiger partial charge in [-0.05, 0) is 19.3 Å². The molecule has 140 valence electrons. The molecule has 0 saturated heterocycles. The van der Waals surface area contributed by atoms with Gasteiger partial charge in [0, 0.05) is 23.4 Å². The topological polar surface area (TPSA) is 68.0 Å². The van der Waals surface area contributed by atoms with Crippen molar-refractivity contribution < 1.29 is 4.79 Å². The summed E-state index contributed by atoms with van der Waals surface area (Å²) >= 11 is 1.69. The minimum atomic E-state index is -0.423. The van der Waals surface area contributed by atoms with Gasteiger partial charge >= 0.3 is 0 Å². The summed E-state index contributed by atoms with van der Waals surface area (Å²) in [6.45, 7) is 6.79. The van der Waals surface area contributed by atoms with Gasteiger partial charge in [-0.25, -0.2) is 4.98 Å². The number of aryl methyl sites for hydroxylation is 1. The number of nitrogens with two attached hydrogens (primary N) is 1. The van der Waals surface area contributed by atoms with Crippen molar-refractivity contribution in [3.05, 3.63) is 40.2 Å². The highest BCUT2D eigenvalue weighted by atomic mass is 35.5. The van der Waals surface area contributed by atoms with Crippen molar-refractivity contribution in [2.75, 3.05) is 6.54 Å². The van der Waals surface area contributed by atoms with Crippen LogP contribution in [0.15, 0.2) is 30.3 Å². The fourth-order valence-corrected chi connectivity index (χ4v) is 3.42. The molecule has 0 aliphatic rings. The van der Waals surface area contributed by atoms with Crippen molar-refractivity contribution in [2.45, 2.75) is 39.7 Å². The Labute approximate surface area is 166 Å². The standard InChI is InChI=1S/C18H25N3OS.2ClH/c1-12(2)11-15(19)18(22)20-10-9-16-21-17(13(3)23-16)14-7-5-4-6-8-14;;/h4-8,12,15H,9-11,19H2,1-3H3,(H,20,22);2*1H/t15-;;/m0../s1. The Kier molecular flexibility index (Phi) is 10.9. The maximum Gasteiger partial charge on any atom is 0.236 e. The molecule has 0 saturated carbocycles. The maximum atomic E-state index is 11.9. The number of nitrogens with zero attached hydrogens (tertiary/aromatic N) is 1. The summed E-state index contributed by atoms with van der Waals surface area (Å²) in [5, 5.41) is 3.95. The first kappa shape index (κ1) is 23.9. The highest BCUT2D eigenvalue weighted by Crippen LogP contribution is 2.27. The van der Waals surface area contributed by atoms with Crippen LogP contribution in [-0.4, -0.2) is 23.5 Å². The number of nitrogens with one attached hydrogen (secondary N) is 1. The third-order valence-corrected chi connectivity index (χ3v) is 4.62. The molecule has 0 fully saturated rings. The number of thiazole rings is 1. The first-order valence-electron chi connectivity index (χ1n) is 8.02. The lowest BCUT2D eigenvalue weighted by molar-refractivity contribution is -0.122. The van der Waals surface area contributed by atoms with E-state index in [-0.39, 0.29) is 30.7 Å². The highest BCUT2D eigenvalue weighted by Gasteiger charge is 2.15. The van der Waals surface area contributed by atoms with Crippen LogP contribution in [-0.2, 0) is 11.2 Å². The fraction of sp³-hybridized carbons (Fsp3) is 0.444. The molecule has 0 aliphatic heterocycles. The summed E-state index contributed by atoms with van der Waals surface area (Å²) < 4.78 is 0. The van der Waals surface area contributed by atoms with Crippen molar-refractivity contribution >= 4 is 42.1 Å². The van der Waals surface area contributed by atoms with Gasteiger partial charge < -0.3 is 11.1 Å². The molecule has 2 aromatic rings. The predicted molar refractivity (Wildman–Crippen MR) is 111 cm³/mol. The number of hydrogen-bond donors (Lipinski definition) is 2. The summed E-state index contributed by atoms with van der Waals surface area (Å²) in [5.74, 6) is 0.348. The Bertz CT molecular complexity index is 647. The molecular formula is C18H27Cl2N3OS. The van der Waals surface area contributed by atoms with Crippen LogP contribution in [0.25, 0.3) is 11.3 Å². The zero-order chi connectivity index (χ0) is 16.8. The SMILES string of the molecule is Cc1sc(CCNC(=O)[C@@H](N)CC(C)C)nc1-c1ccccc1.Cl.Cl. The normalized spacial score (nSPS) is 11.4. The molecule has 1 aromatic carbocycles. The van der Waals surface area contributed by atoms with Gasteiger partial charge in [-0.3, -0.25) is 4.79 Å². The van der Waals surface area contributed by atoms with Crippen LogP contribution in [0.1, 0.15) is 30.2 Å². The van der Waals surface area contributed by atoms with Crippen molar-refractivity contribution in [3.63, 3.8) is 0 Å². The molecule has 1 amide bonds. The summed E-state index contributed by atoms with van der Waals surface area (Å²) in [7, 11) is 0. The summed E-state index contributed by atoms with van der Waals surface area (Å²) in [5.41, 5.74) is 8.05. The van der Waals surface area contributed by atoms with E-state index in [1.54, 1.807) is 11.3 Å². The minimum Gasteiger partial charge on any atom is -0.354 e. The quantitative estimate of drug-likeness (QED) is 0.733. The van der Waals surface area contributed by atoms with Gasteiger partial charge in [0.15, 0.2) is 0 Å². The van der Waals surface area contributed by atoms with E-state index in [4.69, 9.17) is 10.7 Å². The number of benzene rings is 1. The molecule has 25 heavy (non-hydrogen) atoms. The second kappa shape index (κ2) is 11.5. The zero-order valence-electron chi connectivity index (χ0n) is 14.8. The Balaban J connectivity index is 0.00000288. The Morgan fingerprint density at radius 3 is 2.48 bits per heavy atom. The molecule has 1 heterocycles. The molecule has 7 heteroatoms. The zero-order valence-corrected chi connectivity index (χ0v) is 17.3. The van der Waals surface area contributed by atoms with E-state index >= 15 is 0 Å². The van der Waals surface area contributed by atoms with Crippen LogP contribution in [0.3, 0.4) is 0 Å². The van der Waals surface area contributed by atoms with Crippen molar-refractivity contribution in [3.8, 4) is 11.3 Å². The van der Waals surface area contributed by atoms with Gasteiger partial charge in [-0.1, -0.05) is 44.2 Å². The first-order valence-corrected chi connectivity index (χ1v) is 8.84. The largest absolute Gasteiger partial charge is 0.354 e. The Morgan fingerprint density at radius 1 is 1.24 bits per heavy atom. The summed E-state index contributed by atoms with van der Waals surface area (Å²) in [6.07, 6.45) is 1.44. The van der Waals surface area contributed by atoms with Gasteiger partial charge in [0.1, 0.15) is 0 Å². The van der Waals surface area contributed by atoms with Gasteiger partial charge in [0.25, 0.3) is 0 Å². The van der Waals surface area contributed by atoms with E-state index < -0.39 is 6.04 Å². The maximum absolute atomic E-state index is 11.9. The van der Waals surface area contributed by atoms with E-state index in [2.05, 4.69) is 38.2 Å². The Hall–Kier alpha value is -1.14. The van der Waals surface area contributed by atoms with Crippen molar-refractivity contribution in [1.29, 1.82) is 0 Å². The minimum absolute atomic E-state index is 0. The van der Waals surface area contributed by atoms with E-state index in [0.29, 0.717) is 18.9 Å². The number of aromatic nitrogens is 1. The number of amides is 1. The third kappa shape index (κ3) is 7.32. The second-order valence-corrected chi connectivity index (χ2v) is 7.44. The van der Waals surface area contributed by atoms with Crippen LogP contribution < -0.4 is 11.1 Å². The average Bonchev–Trinajstić information content (AvgIpc) is 2.88. The lowest BCUT2D eigenvalue weighted by atomic mass is 10.0. The monoisotopic (exact) mass is 403 g/mol. The van der Waals surface area contributed by atoms with Crippen LogP contribution in [0.5, 0.6) is 0 Å². The summed E-state index contributed by atoms with van der Waals surface area (Å²) in [4.78, 5) is 17.8. The van der Waals surface area contributed by atoms with Crippen LogP contribution in [0.2, 0.25) is 0 Å². The smallest absolute Gasteiger partial charge is 0.236 e. The van der Waals surface area contributed by atoms with Crippen LogP contribution in [0.4, 0.5) is 0 Å². The third-order valence-electron chi connectivity index (χ3n) is 3.59. The summed E-state index contributed by atoms with van der Waals surface area (Å²) in [6, 6.07) is 9.75. The van der Waals surface area contributed by atoms with E-state index in [9.17, 15) is 4.79 Å². The van der Waals surface area contributed by atoms with E-state index in [1.807, 2.05) is 18.2 Å². The fourth-order valence-electron chi connectivity index (χ4n) is 2.46. The molecule has 0 aliphatic carbocycles. The molecular weight excluding hydrogens is 377 g/mol. The number of hydrogen-bond acceptors (Lipinski definition) is 4. The molecule has 3 N–H and O–H groups in total. The number of rotatable bonds is 7. The predicted octanol–water partition coefficient (Wildman–Crippen LogP) is 3.99. The highest BCUT2D eigenvalue weighted by molar-refractivity contribution is 7.12. The lowest BCUT2D eigenvalue weighted by Gasteiger charge is -2.13. The van der Waals surface area contributed by atoms with Crippen LogP contribution in [0, 0.1) is 12.8 Å². The van der Waals surface area contributed by atoms with E-state index in [0.717, 1.165) is 22.7 Å². The molecule has 0 spiro atoms. The van der Waals surface area contributed by atoms with Gasteiger partial charge in [0.05, 0.1) is 16.7 Å². The average molecular weight is 404 g/mol. The lowest BCUT2D eigenvalue weighted by Crippen LogP contribution is -2.42. The second-order valence-electron chi connectivity index (χ2n) is 6.16. The van der Waals surface area contributed by atoms with E-state index in [1.165, 1.54) is 4.88 Å². The molecule has 2 rings (SSSR count). The molecule has 0 unspecified atom stereocenters. The van der Waals surface area contributed by atoms with Crippen molar-refractivity contribution in [1.82, 2.24) is 10.3 Å². The molecule has 1 atom stereocenters. The van der Waals surface area contributed by atoms with Crippen LogP contribution >= 0.6 is 36.2 Å². The molecule has 0 bridgehead atoms. The van der Waals surface area contributed by atoms with Gasteiger partial charge in [-0.2, -0.15) is 0 Å². The Morgan fingerprint density at radius 2 is 1.88 bits per heavy atom. The molecule has 1 aromatic heterocycles. The first-order chi connectivity index (χ1) is 11.0. The number of carbonyl (C=O) groups excluding carboxylic acids is 1. The van der Waals surface area contributed by atoms with Gasteiger partial charge in [-0.15, -0.1) is 36.2 Å². The number of carbonyl (C=O) groups is 1. The van der Waals surface area contributed by atoms with Crippen molar-refractivity contribution in [2.24, 2.45) is 11.7 Å².